The molecule has 18 heavy (non-hydrogen) atoms. The largest absolute Gasteiger partial charge is 0.462 e. The van der Waals surface area contributed by atoms with E-state index >= 15 is 0 Å². The van der Waals surface area contributed by atoms with Crippen LogP contribution in [0.3, 0.4) is 0 Å². The van der Waals surface area contributed by atoms with E-state index in [1.165, 1.54) is 38.5 Å². The first kappa shape index (κ1) is 13.6. The van der Waals surface area contributed by atoms with Crippen molar-refractivity contribution in [2.45, 2.75) is 58.6 Å². The van der Waals surface area contributed by atoms with Gasteiger partial charge >= 0.3 is 0 Å². The molecule has 0 unspecified atom stereocenters. The molecule has 2 rings (SSSR count). The van der Waals surface area contributed by atoms with Gasteiger partial charge in [0, 0.05) is 6.61 Å². The first-order valence-corrected chi connectivity index (χ1v) is 7.15. The molecule has 1 aromatic rings. The first-order chi connectivity index (χ1) is 8.79. The second kappa shape index (κ2) is 6.95. The van der Waals surface area contributed by atoms with Crippen molar-refractivity contribution < 1.29 is 9.15 Å². The molecular formula is C15H25NO2. The molecule has 1 aliphatic carbocycles. The zero-order chi connectivity index (χ0) is 12.8. The zero-order valence-corrected chi connectivity index (χ0v) is 11.4. The fraction of sp³-hybridized carbons (Fsp3) is 0.733. The summed E-state index contributed by atoms with van der Waals surface area (Å²) >= 11 is 0. The molecule has 0 spiro atoms. The van der Waals surface area contributed by atoms with Gasteiger partial charge in [-0.25, -0.2) is 0 Å². The lowest BCUT2D eigenvalue weighted by molar-refractivity contribution is 0.0702. The van der Waals surface area contributed by atoms with E-state index in [2.05, 4.69) is 0 Å². The summed E-state index contributed by atoms with van der Waals surface area (Å²) in [6.45, 7) is 3.95. The molecule has 1 heterocycles. The Morgan fingerprint density at radius 3 is 2.61 bits per heavy atom. The number of rotatable bonds is 5. The quantitative estimate of drug-likeness (QED) is 0.814. The topological polar surface area (TPSA) is 48.4 Å². The maximum absolute atomic E-state index is 5.79. The average Bonchev–Trinajstić information content (AvgIpc) is 2.57. The van der Waals surface area contributed by atoms with Crippen LogP contribution in [-0.2, 0) is 17.9 Å². The molecule has 102 valence electrons. The van der Waals surface area contributed by atoms with Crippen LogP contribution >= 0.6 is 0 Å². The average molecular weight is 251 g/mol. The minimum atomic E-state index is 0.467. The highest BCUT2D eigenvalue weighted by atomic mass is 16.5. The van der Waals surface area contributed by atoms with E-state index in [0.717, 1.165) is 29.6 Å². The molecule has 1 saturated carbocycles. The van der Waals surface area contributed by atoms with Gasteiger partial charge in [0.1, 0.15) is 18.1 Å². The minimum Gasteiger partial charge on any atom is -0.462 e. The summed E-state index contributed by atoms with van der Waals surface area (Å²) in [5, 5.41) is 0. The van der Waals surface area contributed by atoms with Gasteiger partial charge in [0.05, 0.1) is 6.54 Å². The normalized spacial score (nSPS) is 17.9. The van der Waals surface area contributed by atoms with E-state index in [9.17, 15) is 0 Å². The lowest BCUT2D eigenvalue weighted by atomic mass is 10.0. The molecule has 1 fully saturated rings. The van der Waals surface area contributed by atoms with E-state index in [4.69, 9.17) is 14.9 Å². The molecule has 0 bridgehead atoms. The fourth-order valence-corrected chi connectivity index (χ4v) is 2.72. The Hall–Kier alpha value is -0.800. The highest BCUT2D eigenvalue weighted by molar-refractivity contribution is 5.19. The Balaban J connectivity index is 1.73. The summed E-state index contributed by atoms with van der Waals surface area (Å²) in [7, 11) is 0. The maximum Gasteiger partial charge on any atom is 0.130 e. The van der Waals surface area contributed by atoms with Crippen LogP contribution in [0.4, 0.5) is 0 Å². The predicted octanol–water partition coefficient (Wildman–Crippen LogP) is 3.53. The van der Waals surface area contributed by atoms with Crippen molar-refractivity contribution in [1.82, 2.24) is 0 Å². The van der Waals surface area contributed by atoms with Gasteiger partial charge in [-0.05, 0) is 37.3 Å². The third kappa shape index (κ3) is 3.85. The molecule has 0 aromatic carbocycles. The standard InChI is InChI=1S/C15H25NO2/c1-12-8-14(18-15(12)9-16)11-17-10-13-6-4-2-3-5-7-13/h8,13H,2-7,9-11,16H2,1H3. The summed E-state index contributed by atoms with van der Waals surface area (Å²) in [5.74, 6) is 2.53. The molecule has 2 N–H and O–H groups in total. The lowest BCUT2D eigenvalue weighted by Crippen LogP contribution is -2.08. The Bertz CT molecular complexity index is 351. The summed E-state index contributed by atoms with van der Waals surface area (Å²) in [6, 6.07) is 2.04. The van der Waals surface area contributed by atoms with Crippen LogP contribution in [0.25, 0.3) is 0 Å². The van der Waals surface area contributed by atoms with Gasteiger partial charge in [0.15, 0.2) is 0 Å². The highest BCUT2D eigenvalue weighted by Crippen LogP contribution is 2.23. The molecule has 3 nitrogen and oxygen atoms in total. The third-order valence-electron chi connectivity index (χ3n) is 3.83. The van der Waals surface area contributed by atoms with Crippen LogP contribution in [0, 0.1) is 12.8 Å². The molecule has 0 atom stereocenters. The van der Waals surface area contributed by atoms with Crippen LogP contribution in [0.2, 0.25) is 0 Å². The van der Waals surface area contributed by atoms with Crippen molar-refractivity contribution in [2.24, 2.45) is 11.7 Å². The van der Waals surface area contributed by atoms with E-state index in [1.54, 1.807) is 0 Å². The van der Waals surface area contributed by atoms with Crippen LogP contribution in [0.1, 0.15) is 55.6 Å². The maximum atomic E-state index is 5.79. The molecule has 1 aliphatic rings. The Morgan fingerprint density at radius 2 is 2.00 bits per heavy atom. The second-order valence-electron chi connectivity index (χ2n) is 5.40. The van der Waals surface area contributed by atoms with Crippen molar-refractivity contribution in [1.29, 1.82) is 0 Å². The lowest BCUT2D eigenvalue weighted by Gasteiger charge is -2.13. The fourth-order valence-electron chi connectivity index (χ4n) is 2.72. The Kier molecular flexibility index (Phi) is 5.26. The molecular weight excluding hydrogens is 226 g/mol. The van der Waals surface area contributed by atoms with Crippen LogP contribution < -0.4 is 5.73 Å². The van der Waals surface area contributed by atoms with Crippen LogP contribution in [0.15, 0.2) is 10.5 Å². The minimum absolute atomic E-state index is 0.467. The number of hydrogen-bond donors (Lipinski definition) is 1. The summed E-state index contributed by atoms with van der Waals surface area (Å²) < 4.78 is 11.4. The van der Waals surface area contributed by atoms with Crippen molar-refractivity contribution in [3.05, 3.63) is 23.2 Å². The van der Waals surface area contributed by atoms with Crippen molar-refractivity contribution in [3.8, 4) is 0 Å². The Labute approximate surface area is 110 Å². The predicted molar refractivity (Wildman–Crippen MR) is 72.2 cm³/mol. The van der Waals surface area contributed by atoms with E-state index in [1.807, 2.05) is 13.0 Å². The highest BCUT2D eigenvalue weighted by Gasteiger charge is 2.13. The number of ether oxygens (including phenoxy) is 1. The number of furan rings is 1. The SMILES string of the molecule is Cc1cc(COCC2CCCCCC2)oc1CN. The molecule has 0 radical (unpaired) electrons. The number of hydrogen-bond acceptors (Lipinski definition) is 3. The summed E-state index contributed by atoms with van der Waals surface area (Å²) in [6.07, 6.45) is 8.17. The third-order valence-corrected chi connectivity index (χ3v) is 3.83. The van der Waals surface area contributed by atoms with Gasteiger partial charge in [0.25, 0.3) is 0 Å². The molecule has 0 amide bonds. The van der Waals surface area contributed by atoms with Crippen molar-refractivity contribution in [3.63, 3.8) is 0 Å². The molecule has 1 aromatic heterocycles. The van der Waals surface area contributed by atoms with Gasteiger partial charge < -0.3 is 14.9 Å². The van der Waals surface area contributed by atoms with Gasteiger partial charge in [0.2, 0.25) is 0 Å². The smallest absolute Gasteiger partial charge is 0.130 e. The molecule has 0 aliphatic heterocycles. The van der Waals surface area contributed by atoms with E-state index in [0.29, 0.717) is 13.2 Å². The van der Waals surface area contributed by atoms with E-state index in [-0.39, 0.29) is 0 Å². The van der Waals surface area contributed by atoms with Gasteiger partial charge in [-0.15, -0.1) is 0 Å². The monoisotopic (exact) mass is 251 g/mol. The van der Waals surface area contributed by atoms with Gasteiger partial charge in [-0.3, -0.25) is 0 Å². The van der Waals surface area contributed by atoms with Gasteiger partial charge in [-0.2, -0.15) is 0 Å². The van der Waals surface area contributed by atoms with Crippen LogP contribution in [-0.4, -0.2) is 6.61 Å². The van der Waals surface area contributed by atoms with Crippen LogP contribution in [0.5, 0.6) is 0 Å². The van der Waals surface area contributed by atoms with E-state index < -0.39 is 0 Å². The molecule has 3 heteroatoms. The van der Waals surface area contributed by atoms with Crippen molar-refractivity contribution in [2.75, 3.05) is 6.61 Å². The van der Waals surface area contributed by atoms with Crippen molar-refractivity contribution >= 4 is 0 Å². The zero-order valence-electron chi connectivity index (χ0n) is 11.4. The molecule has 0 saturated heterocycles. The second-order valence-corrected chi connectivity index (χ2v) is 5.40. The number of nitrogens with two attached hydrogens (primary N) is 1. The summed E-state index contributed by atoms with van der Waals surface area (Å²) in [5.41, 5.74) is 6.72. The van der Waals surface area contributed by atoms with Gasteiger partial charge in [-0.1, -0.05) is 25.7 Å². The Morgan fingerprint density at radius 1 is 1.28 bits per heavy atom. The summed E-state index contributed by atoms with van der Waals surface area (Å²) in [4.78, 5) is 0. The first-order valence-electron chi connectivity index (χ1n) is 7.15. The number of aryl methyl sites for hydroxylation is 1.